The van der Waals surface area contributed by atoms with Gasteiger partial charge in [-0.25, -0.2) is 9.18 Å². The minimum Gasteiger partial charge on any atom is -0.357 e. The Hall–Kier alpha value is -2.83. The number of carbonyl (C=O) groups is 2. The first kappa shape index (κ1) is 17.0. The molecule has 0 saturated carbocycles. The highest BCUT2D eigenvalue weighted by atomic mass is 19.1. The Bertz CT molecular complexity index is 774. The van der Waals surface area contributed by atoms with E-state index in [0.717, 1.165) is 5.56 Å². The number of anilines is 1. The van der Waals surface area contributed by atoms with Crippen molar-refractivity contribution in [3.05, 3.63) is 54.1 Å². The lowest BCUT2D eigenvalue weighted by Crippen LogP contribution is -2.54. The second kappa shape index (κ2) is 7.38. The second-order valence-electron chi connectivity index (χ2n) is 6.15. The second-order valence-corrected chi connectivity index (χ2v) is 6.15. The normalized spacial score (nSPS) is 17.4. The number of urea groups is 1. The van der Waals surface area contributed by atoms with Crippen molar-refractivity contribution in [1.29, 1.82) is 0 Å². The summed E-state index contributed by atoms with van der Waals surface area (Å²) >= 11 is 0. The van der Waals surface area contributed by atoms with Crippen molar-refractivity contribution in [1.82, 2.24) is 15.2 Å². The van der Waals surface area contributed by atoms with Crippen LogP contribution in [0.15, 0.2) is 42.7 Å². The minimum absolute atomic E-state index is 0.253. The number of carbonyl (C=O) groups excluding carboxylic acids is 2. The van der Waals surface area contributed by atoms with Crippen LogP contribution >= 0.6 is 0 Å². The van der Waals surface area contributed by atoms with Crippen LogP contribution in [0.3, 0.4) is 0 Å². The van der Waals surface area contributed by atoms with E-state index in [1.165, 1.54) is 11.0 Å². The Labute approximate surface area is 145 Å². The summed E-state index contributed by atoms with van der Waals surface area (Å²) in [5.41, 5.74) is 1.23. The number of aromatic nitrogens is 1. The molecule has 1 aliphatic rings. The van der Waals surface area contributed by atoms with Gasteiger partial charge in [0.15, 0.2) is 0 Å². The fourth-order valence-corrected chi connectivity index (χ4v) is 2.98. The number of hydrogen-bond donors (Lipinski definition) is 2. The number of hydrogen-bond acceptors (Lipinski definition) is 2. The Morgan fingerprint density at radius 2 is 2.12 bits per heavy atom. The molecule has 3 rings (SSSR count). The van der Waals surface area contributed by atoms with Crippen LogP contribution in [0.2, 0.25) is 0 Å². The van der Waals surface area contributed by atoms with Gasteiger partial charge in [0.05, 0.1) is 5.69 Å². The standard InChI is InChI=1S/C18H21FN4O2/c1-22-10-8-13(12-22)11-20-18(25)21-15-6-4-9-23(17(15)24)16-7-3-2-5-14(16)19/h2-3,5,7-8,10,12,15H,4,6,9,11H2,1H3,(H2,20,21,25). The van der Waals surface area contributed by atoms with Crippen molar-refractivity contribution in [2.45, 2.75) is 25.4 Å². The molecule has 1 fully saturated rings. The van der Waals surface area contributed by atoms with Gasteiger partial charge in [-0.3, -0.25) is 4.79 Å². The highest BCUT2D eigenvalue weighted by molar-refractivity contribution is 5.99. The van der Waals surface area contributed by atoms with Gasteiger partial charge in [-0.1, -0.05) is 12.1 Å². The van der Waals surface area contributed by atoms with E-state index >= 15 is 0 Å². The van der Waals surface area contributed by atoms with Crippen molar-refractivity contribution >= 4 is 17.6 Å². The van der Waals surface area contributed by atoms with Crippen LogP contribution in [0.25, 0.3) is 0 Å². The first-order chi connectivity index (χ1) is 12.0. The van der Waals surface area contributed by atoms with Gasteiger partial charge in [0, 0.05) is 32.5 Å². The smallest absolute Gasteiger partial charge is 0.315 e. The van der Waals surface area contributed by atoms with Crippen molar-refractivity contribution in [3.63, 3.8) is 0 Å². The lowest BCUT2D eigenvalue weighted by Gasteiger charge is -2.32. The average molecular weight is 344 g/mol. The van der Waals surface area contributed by atoms with E-state index in [1.807, 2.05) is 30.1 Å². The summed E-state index contributed by atoms with van der Waals surface area (Å²) in [7, 11) is 1.90. The van der Waals surface area contributed by atoms with Gasteiger partial charge in [-0.05, 0) is 36.6 Å². The molecule has 2 aromatic rings. The predicted molar refractivity (Wildman–Crippen MR) is 92.6 cm³/mol. The average Bonchev–Trinajstić information content (AvgIpc) is 3.01. The summed E-state index contributed by atoms with van der Waals surface area (Å²) < 4.78 is 15.8. The van der Waals surface area contributed by atoms with Crippen LogP contribution in [0.4, 0.5) is 14.9 Å². The third-order valence-corrected chi connectivity index (χ3v) is 4.23. The van der Waals surface area contributed by atoms with Crippen LogP contribution in [0.1, 0.15) is 18.4 Å². The Morgan fingerprint density at radius 1 is 1.32 bits per heavy atom. The highest BCUT2D eigenvalue weighted by Crippen LogP contribution is 2.23. The molecule has 2 N–H and O–H groups in total. The van der Waals surface area contributed by atoms with E-state index in [9.17, 15) is 14.0 Å². The maximum atomic E-state index is 14.0. The summed E-state index contributed by atoms with van der Waals surface area (Å²) in [5.74, 6) is -0.726. The zero-order valence-corrected chi connectivity index (χ0v) is 14.0. The molecular weight excluding hydrogens is 323 g/mol. The first-order valence-electron chi connectivity index (χ1n) is 8.26. The quantitative estimate of drug-likeness (QED) is 0.893. The third-order valence-electron chi connectivity index (χ3n) is 4.23. The van der Waals surface area contributed by atoms with E-state index in [-0.39, 0.29) is 11.6 Å². The monoisotopic (exact) mass is 344 g/mol. The van der Waals surface area contributed by atoms with Gasteiger partial charge in [0.2, 0.25) is 5.91 Å². The molecule has 3 amide bonds. The van der Waals surface area contributed by atoms with Gasteiger partial charge in [-0.15, -0.1) is 0 Å². The van der Waals surface area contributed by atoms with Gasteiger partial charge in [0.25, 0.3) is 0 Å². The van der Waals surface area contributed by atoms with Crippen LogP contribution in [-0.4, -0.2) is 29.1 Å². The van der Waals surface area contributed by atoms with Crippen LogP contribution in [0.5, 0.6) is 0 Å². The molecule has 2 heterocycles. The Kier molecular flexibility index (Phi) is 5.02. The number of nitrogens with zero attached hydrogens (tertiary/aromatic N) is 2. The van der Waals surface area contributed by atoms with E-state index < -0.39 is 17.9 Å². The van der Waals surface area contributed by atoms with Gasteiger partial charge < -0.3 is 20.1 Å². The maximum Gasteiger partial charge on any atom is 0.315 e. The van der Waals surface area contributed by atoms with E-state index in [0.29, 0.717) is 25.9 Å². The van der Waals surface area contributed by atoms with Crippen molar-refractivity contribution in [2.24, 2.45) is 7.05 Å². The van der Waals surface area contributed by atoms with Crippen molar-refractivity contribution in [2.75, 3.05) is 11.4 Å². The zero-order chi connectivity index (χ0) is 17.8. The van der Waals surface area contributed by atoms with E-state index in [4.69, 9.17) is 0 Å². The van der Waals surface area contributed by atoms with Crippen molar-refractivity contribution < 1.29 is 14.0 Å². The van der Waals surface area contributed by atoms with E-state index in [1.54, 1.807) is 18.2 Å². The van der Waals surface area contributed by atoms with Crippen LogP contribution in [-0.2, 0) is 18.4 Å². The number of halogens is 1. The van der Waals surface area contributed by atoms with Crippen LogP contribution < -0.4 is 15.5 Å². The van der Waals surface area contributed by atoms with Gasteiger partial charge in [0.1, 0.15) is 11.9 Å². The first-order valence-corrected chi connectivity index (χ1v) is 8.26. The van der Waals surface area contributed by atoms with Crippen molar-refractivity contribution in [3.8, 4) is 0 Å². The summed E-state index contributed by atoms with van der Waals surface area (Å²) in [6.07, 6.45) is 5.05. The molecule has 0 aliphatic carbocycles. The molecule has 0 spiro atoms. The molecule has 25 heavy (non-hydrogen) atoms. The van der Waals surface area contributed by atoms with Gasteiger partial charge in [-0.2, -0.15) is 0 Å². The number of aryl methyl sites for hydroxylation is 1. The lowest BCUT2D eigenvalue weighted by atomic mass is 10.0. The molecule has 1 atom stereocenters. The number of benzene rings is 1. The van der Waals surface area contributed by atoms with Crippen LogP contribution in [0, 0.1) is 5.82 Å². The number of piperidine rings is 1. The molecular formula is C18H21FN4O2. The predicted octanol–water partition coefficient (Wildman–Crippen LogP) is 2.16. The molecule has 1 saturated heterocycles. The molecule has 1 unspecified atom stereocenters. The molecule has 132 valence electrons. The topological polar surface area (TPSA) is 66.4 Å². The Balaban J connectivity index is 1.59. The Morgan fingerprint density at radius 3 is 2.84 bits per heavy atom. The molecule has 1 aliphatic heterocycles. The minimum atomic E-state index is -0.649. The lowest BCUT2D eigenvalue weighted by molar-refractivity contribution is -0.121. The maximum absolute atomic E-state index is 14.0. The number of para-hydroxylation sites is 1. The zero-order valence-electron chi connectivity index (χ0n) is 14.0. The summed E-state index contributed by atoms with van der Waals surface area (Å²) in [6, 6.07) is 7.03. The third kappa shape index (κ3) is 3.99. The molecule has 1 aromatic carbocycles. The molecule has 7 heteroatoms. The highest BCUT2D eigenvalue weighted by Gasteiger charge is 2.31. The fourth-order valence-electron chi connectivity index (χ4n) is 2.98. The number of rotatable bonds is 4. The fraction of sp³-hybridized carbons (Fsp3) is 0.333. The largest absolute Gasteiger partial charge is 0.357 e. The summed E-state index contributed by atoms with van der Waals surface area (Å²) in [4.78, 5) is 26.1. The molecule has 0 bridgehead atoms. The summed E-state index contributed by atoms with van der Waals surface area (Å²) in [6.45, 7) is 0.828. The summed E-state index contributed by atoms with van der Waals surface area (Å²) in [5, 5.41) is 5.43. The molecule has 6 nitrogen and oxygen atoms in total. The van der Waals surface area contributed by atoms with Gasteiger partial charge >= 0.3 is 6.03 Å². The van der Waals surface area contributed by atoms with E-state index in [2.05, 4.69) is 10.6 Å². The SMILES string of the molecule is Cn1ccc(CNC(=O)NC2CCCN(c3ccccc3F)C2=O)c1. The number of nitrogens with one attached hydrogen (secondary N) is 2. The number of amides is 3. The molecule has 0 radical (unpaired) electrons. The molecule has 1 aromatic heterocycles.